The Morgan fingerprint density at radius 2 is 1.84 bits per heavy atom. The zero-order valence-corrected chi connectivity index (χ0v) is 18.7. The van der Waals surface area contributed by atoms with Gasteiger partial charge in [-0.2, -0.15) is 12.6 Å². The number of thiol groups is 1. The lowest BCUT2D eigenvalue weighted by Gasteiger charge is -2.29. The number of carbonyl (C=O) groups excluding carboxylic acids is 3. The van der Waals surface area contributed by atoms with Gasteiger partial charge in [0, 0.05) is 18.7 Å². The summed E-state index contributed by atoms with van der Waals surface area (Å²) in [6.45, 7) is 1.59. The molecule has 0 aliphatic carbocycles. The Morgan fingerprint density at radius 1 is 1.19 bits per heavy atom. The average molecular weight is 467 g/mol. The molecule has 1 aliphatic rings. The molecule has 0 saturated carbocycles. The first-order valence-corrected chi connectivity index (χ1v) is 11.0. The van der Waals surface area contributed by atoms with Gasteiger partial charge in [0.05, 0.1) is 12.1 Å². The number of hydrogen-bond acceptors (Lipinski definition) is 7. The van der Waals surface area contributed by atoms with Crippen molar-refractivity contribution in [3.8, 4) is 0 Å². The summed E-state index contributed by atoms with van der Waals surface area (Å²) in [6, 6.07) is 4.57. The number of carbonyl (C=O) groups is 4. The Balaban J connectivity index is 2.24. The smallest absolute Gasteiger partial charge is 0.326 e. The number of carboxylic acids is 1. The molecule has 5 atom stereocenters. The second kappa shape index (κ2) is 11.8. The van der Waals surface area contributed by atoms with E-state index in [-0.39, 0.29) is 18.7 Å². The van der Waals surface area contributed by atoms with Crippen molar-refractivity contribution in [2.75, 3.05) is 12.3 Å². The minimum atomic E-state index is -1.35. The predicted octanol–water partition coefficient (Wildman–Crippen LogP) is -1.09. The van der Waals surface area contributed by atoms with Gasteiger partial charge < -0.3 is 31.5 Å². The number of nitrogens with zero attached hydrogens (tertiary/aromatic N) is 1. The van der Waals surface area contributed by atoms with Crippen LogP contribution in [0.1, 0.15) is 25.3 Å². The van der Waals surface area contributed by atoms with Crippen molar-refractivity contribution >= 4 is 36.3 Å². The number of nitrogens with two attached hydrogens (primary N) is 1. The highest BCUT2D eigenvalue weighted by molar-refractivity contribution is 7.80. The normalized spacial score (nSPS) is 19.5. The van der Waals surface area contributed by atoms with Crippen LogP contribution in [0, 0.1) is 0 Å². The van der Waals surface area contributed by atoms with E-state index in [0.717, 1.165) is 5.56 Å². The van der Waals surface area contributed by atoms with Crippen LogP contribution in [-0.4, -0.2) is 81.4 Å². The summed E-state index contributed by atoms with van der Waals surface area (Å²) in [5.41, 5.74) is 6.38. The van der Waals surface area contributed by atoms with E-state index in [0.29, 0.717) is 12.8 Å². The number of carboxylic acid groups (broad SMARTS) is 1. The molecule has 0 spiro atoms. The van der Waals surface area contributed by atoms with Crippen LogP contribution >= 0.6 is 12.6 Å². The Morgan fingerprint density at radius 3 is 2.41 bits per heavy atom. The van der Waals surface area contributed by atoms with Gasteiger partial charge in [-0.15, -0.1) is 0 Å². The highest BCUT2D eigenvalue weighted by Gasteiger charge is 2.39. The fraction of sp³-hybridized carbons (Fsp3) is 0.524. The maximum Gasteiger partial charge on any atom is 0.326 e. The minimum Gasteiger partial charge on any atom is -0.480 e. The monoisotopic (exact) mass is 466 g/mol. The van der Waals surface area contributed by atoms with Crippen LogP contribution in [0.3, 0.4) is 0 Å². The summed E-state index contributed by atoms with van der Waals surface area (Å²) in [5.74, 6) is -3.04. The maximum absolute atomic E-state index is 13.2. The van der Waals surface area contributed by atoms with Gasteiger partial charge in [0.1, 0.15) is 18.1 Å². The Hall–Kier alpha value is -2.63. The van der Waals surface area contributed by atoms with E-state index in [9.17, 15) is 29.4 Å². The largest absolute Gasteiger partial charge is 0.480 e. The van der Waals surface area contributed by atoms with Crippen LogP contribution in [-0.2, 0) is 25.6 Å². The third-order valence-corrected chi connectivity index (χ3v) is 5.71. The molecule has 0 aromatic heterocycles. The number of aliphatic hydroxyl groups is 1. The fourth-order valence-corrected chi connectivity index (χ4v) is 3.71. The first-order valence-electron chi connectivity index (χ1n) is 10.4. The van der Waals surface area contributed by atoms with Crippen molar-refractivity contribution in [2.24, 2.45) is 5.73 Å². The van der Waals surface area contributed by atoms with Crippen LogP contribution in [0.5, 0.6) is 0 Å². The predicted molar refractivity (Wildman–Crippen MR) is 120 cm³/mol. The van der Waals surface area contributed by atoms with E-state index in [1.54, 1.807) is 24.3 Å². The molecule has 0 bridgehead atoms. The summed E-state index contributed by atoms with van der Waals surface area (Å²) in [4.78, 5) is 51.1. The van der Waals surface area contributed by atoms with Gasteiger partial charge in [0.15, 0.2) is 0 Å². The molecule has 0 radical (unpaired) electrons. The van der Waals surface area contributed by atoms with Crippen LogP contribution in [0.2, 0.25) is 0 Å². The molecular weight excluding hydrogens is 436 g/mol. The first kappa shape index (κ1) is 25.6. The number of aliphatic hydroxyl groups excluding tert-OH is 1. The Kier molecular flexibility index (Phi) is 9.48. The number of benzene rings is 1. The van der Waals surface area contributed by atoms with E-state index >= 15 is 0 Å². The topological polar surface area (TPSA) is 162 Å². The van der Waals surface area contributed by atoms with Crippen molar-refractivity contribution < 1.29 is 29.4 Å². The number of likely N-dealkylation sites (tertiary alicyclic amines) is 1. The second-order valence-electron chi connectivity index (χ2n) is 7.79. The lowest BCUT2D eigenvalue weighted by atomic mass is 10.0. The van der Waals surface area contributed by atoms with Gasteiger partial charge in [-0.3, -0.25) is 14.4 Å². The van der Waals surface area contributed by atoms with Gasteiger partial charge in [-0.1, -0.05) is 30.3 Å². The van der Waals surface area contributed by atoms with Crippen LogP contribution in [0.25, 0.3) is 0 Å². The van der Waals surface area contributed by atoms with Gasteiger partial charge in [-0.05, 0) is 25.3 Å². The molecule has 5 unspecified atom stereocenters. The molecule has 1 aromatic rings. The van der Waals surface area contributed by atoms with Crippen molar-refractivity contribution in [3.63, 3.8) is 0 Å². The number of rotatable bonds is 10. The summed E-state index contributed by atoms with van der Waals surface area (Å²) >= 11 is 3.95. The molecule has 1 heterocycles. The van der Waals surface area contributed by atoms with Gasteiger partial charge in [0.2, 0.25) is 17.7 Å². The van der Waals surface area contributed by atoms with Crippen molar-refractivity contribution in [3.05, 3.63) is 35.9 Å². The zero-order chi connectivity index (χ0) is 23.8. The fourth-order valence-electron chi connectivity index (χ4n) is 3.55. The lowest BCUT2D eigenvalue weighted by molar-refractivity contribution is -0.149. The molecule has 3 amide bonds. The molecule has 6 N–H and O–H groups in total. The zero-order valence-electron chi connectivity index (χ0n) is 17.8. The Bertz CT molecular complexity index is 822. The van der Waals surface area contributed by atoms with Crippen molar-refractivity contribution in [1.82, 2.24) is 15.5 Å². The van der Waals surface area contributed by atoms with Crippen molar-refractivity contribution in [1.29, 1.82) is 0 Å². The standard InChI is InChI=1S/C21H30N4O6S/c1-12(26)17(24-18(27)14(22)11-32)19(28)23-15(10-13-6-3-2-4-7-13)20(29)25-9-5-8-16(25)21(30)31/h2-4,6-7,12,14-17,26,32H,5,8-11,22H2,1H3,(H,23,28)(H,24,27)(H,30,31). The summed E-state index contributed by atoms with van der Waals surface area (Å²) in [7, 11) is 0. The summed E-state index contributed by atoms with van der Waals surface area (Å²) < 4.78 is 0. The third kappa shape index (κ3) is 6.68. The van der Waals surface area contributed by atoms with E-state index in [4.69, 9.17) is 5.73 Å². The van der Waals surface area contributed by atoms with Crippen LogP contribution < -0.4 is 16.4 Å². The van der Waals surface area contributed by atoms with Gasteiger partial charge in [-0.25, -0.2) is 4.79 Å². The molecule has 11 heteroatoms. The molecule has 2 rings (SSSR count). The average Bonchev–Trinajstić information content (AvgIpc) is 3.26. The second-order valence-corrected chi connectivity index (χ2v) is 8.16. The summed E-state index contributed by atoms with van der Waals surface area (Å²) in [6.07, 6.45) is -0.272. The molecule has 1 aromatic carbocycles. The molecule has 1 saturated heterocycles. The molecule has 32 heavy (non-hydrogen) atoms. The molecular formula is C21H30N4O6S. The number of aliphatic carboxylic acids is 1. The van der Waals surface area contributed by atoms with Crippen LogP contribution in [0.15, 0.2) is 30.3 Å². The van der Waals surface area contributed by atoms with E-state index in [2.05, 4.69) is 23.3 Å². The van der Waals surface area contributed by atoms with Gasteiger partial charge >= 0.3 is 5.97 Å². The molecule has 10 nitrogen and oxygen atoms in total. The minimum absolute atomic E-state index is 0.0423. The summed E-state index contributed by atoms with van der Waals surface area (Å²) in [5, 5.41) is 24.5. The molecule has 176 valence electrons. The quantitative estimate of drug-likeness (QED) is 0.239. The van der Waals surface area contributed by atoms with Crippen molar-refractivity contribution in [2.45, 2.75) is 56.5 Å². The highest BCUT2D eigenvalue weighted by Crippen LogP contribution is 2.20. The van der Waals surface area contributed by atoms with Crippen LogP contribution in [0.4, 0.5) is 0 Å². The first-order chi connectivity index (χ1) is 15.1. The van der Waals surface area contributed by atoms with E-state index in [1.165, 1.54) is 11.8 Å². The Labute approximate surface area is 191 Å². The number of amides is 3. The SMILES string of the molecule is CC(O)C(NC(=O)C(N)CS)C(=O)NC(Cc1ccccc1)C(=O)N1CCCC1C(=O)O. The highest BCUT2D eigenvalue weighted by atomic mass is 32.1. The third-order valence-electron chi connectivity index (χ3n) is 5.31. The van der Waals surface area contributed by atoms with E-state index < -0.39 is 54.0 Å². The number of nitrogens with one attached hydrogen (secondary N) is 2. The maximum atomic E-state index is 13.2. The lowest BCUT2D eigenvalue weighted by Crippen LogP contribution is -2.60. The number of hydrogen-bond donors (Lipinski definition) is 6. The van der Waals surface area contributed by atoms with E-state index in [1.807, 2.05) is 6.07 Å². The molecule has 1 aliphatic heterocycles. The molecule has 1 fully saturated rings. The van der Waals surface area contributed by atoms with Gasteiger partial charge in [0.25, 0.3) is 0 Å².